The van der Waals surface area contributed by atoms with Gasteiger partial charge >= 0.3 is 0 Å². The highest BCUT2D eigenvalue weighted by Gasteiger charge is 2.42. The van der Waals surface area contributed by atoms with E-state index in [1.807, 2.05) is 30.5 Å². The van der Waals surface area contributed by atoms with Gasteiger partial charge in [0.25, 0.3) is 0 Å². The van der Waals surface area contributed by atoms with Crippen molar-refractivity contribution in [1.29, 1.82) is 0 Å². The number of aryl methyl sites for hydroxylation is 2. The summed E-state index contributed by atoms with van der Waals surface area (Å²) in [5, 5.41) is 4.24. The van der Waals surface area contributed by atoms with Crippen molar-refractivity contribution < 1.29 is 4.74 Å². The lowest BCUT2D eigenvalue weighted by Crippen LogP contribution is -2.30. The number of anilines is 1. The van der Waals surface area contributed by atoms with Crippen molar-refractivity contribution >= 4 is 23.0 Å². The minimum atomic E-state index is -0.0914. The van der Waals surface area contributed by atoms with E-state index in [9.17, 15) is 0 Å². The van der Waals surface area contributed by atoms with Crippen LogP contribution in [-0.4, -0.2) is 21.8 Å². The van der Waals surface area contributed by atoms with E-state index in [-0.39, 0.29) is 12.1 Å². The minimum absolute atomic E-state index is 0.0779. The molecule has 0 radical (unpaired) electrons. The van der Waals surface area contributed by atoms with E-state index >= 15 is 0 Å². The van der Waals surface area contributed by atoms with Crippen LogP contribution in [0, 0.1) is 13.8 Å². The fourth-order valence-corrected chi connectivity index (χ4v) is 4.86. The van der Waals surface area contributed by atoms with Gasteiger partial charge in [-0.05, 0) is 86.7 Å². The molecule has 0 spiro atoms. The third kappa shape index (κ3) is 3.87. The molecule has 0 aliphatic carbocycles. The topological polar surface area (TPSA) is 42.3 Å². The normalized spacial score (nSPS) is 17.8. The molecule has 6 heteroatoms. The van der Waals surface area contributed by atoms with E-state index in [1.165, 1.54) is 5.56 Å². The molecular formula is C27H26N4OS. The Morgan fingerprint density at radius 2 is 1.61 bits per heavy atom. The number of rotatable bonds is 5. The Morgan fingerprint density at radius 3 is 2.27 bits per heavy atom. The van der Waals surface area contributed by atoms with Gasteiger partial charge in [-0.25, -0.2) is 0 Å². The van der Waals surface area contributed by atoms with Crippen LogP contribution in [0.1, 0.15) is 34.7 Å². The molecule has 1 fully saturated rings. The first-order chi connectivity index (χ1) is 16.1. The summed E-state index contributed by atoms with van der Waals surface area (Å²) in [5.74, 6) is 0.835. The minimum Gasteiger partial charge on any atom is -0.497 e. The molecule has 0 saturated carbocycles. The maximum Gasteiger partial charge on any atom is 0.174 e. The molecule has 0 bridgehead atoms. The Morgan fingerprint density at radius 1 is 0.879 bits per heavy atom. The summed E-state index contributed by atoms with van der Waals surface area (Å²) in [6.45, 7) is 4.22. The van der Waals surface area contributed by atoms with E-state index in [4.69, 9.17) is 17.0 Å². The Hall–Kier alpha value is -3.64. The number of thiocarbonyl (C=S) groups is 1. The number of aromatic nitrogens is 2. The number of benzene rings is 2. The summed E-state index contributed by atoms with van der Waals surface area (Å²) < 4.78 is 7.66. The largest absolute Gasteiger partial charge is 0.497 e. The smallest absolute Gasteiger partial charge is 0.174 e. The second-order valence-electron chi connectivity index (χ2n) is 8.27. The van der Waals surface area contributed by atoms with E-state index in [2.05, 4.69) is 88.2 Å². The third-order valence-electron chi connectivity index (χ3n) is 6.15. The summed E-state index contributed by atoms with van der Waals surface area (Å²) in [6, 6.07) is 26.8. The first kappa shape index (κ1) is 21.2. The SMILES string of the molecule is COc1ccc(-n2c(C)ccc2[C@@H]2[C@H](c3ccccn3)NC(=S)N2c2ccc(C)cc2)cc1. The van der Waals surface area contributed by atoms with Crippen molar-refractivity contribution in [2.24, 2.45) is 0 Å². The van der Waals surface area contributed by atoms with Crippen molar-refractivity contribution in [3.63, 3.8) is 0 Å². The Labute approximate surface area is 199 Å². The molecule has 5 nitrogen and oxygen atoms in total. The zero-order chi connectivity index (χ0) is 22.9. The molecule has 1 aliphatic rings. The van der Waals surface area contributed by atoms with Crippen molar-refractivity contribution in [3.8, 4) is 11.4 Å². The average Bonchev–Trinajstić information content (AvgIpc) is 3.39. The summed E-state index contributed by atoms with van der Waals surface area (Å²) in [5.41, 5.74) is 6.60. The molecule has 33 heavy (non-hydrogen) atoms. The van der Waals surface area contributed by atoms with Crippen LogP contribution in [0.5, 0.6) is 5.75 Å². The van der Waals surface area contributed by atoms with Crippen LogP contribution in [0.3, 0.4) is 0 Å². The van der Waals surface area contributed by atoms with Crippen LogP contribution in [0.2, 0.25) is 0 Å². The van der Waals surface area contributed by atoms with Gasteiger partial charge in [-0.1, -0.05) is 23.8 Å². The van der Waals surface area contributed by atoms with Crippen molar-refractivity contribution in [3.05, 3.63) is 108 Å². The van der Waals surface area contributed by atoms with Crippen LogP contribution in [-0.2, 0) is 0 Å². The summed E-state index contributed by atoms with van der Waals surface area (Å²) in [4.78, 5) is 6.88. The van der Waals surface area contributed by atoms with Gasteiger partial charge < -0.3 is 19.5 Å². The molecule has 2 aromatic carbocycles. The number of pyridine rings is 1. The summed E-state index contributed by atoms with van der Waals surface area (Å²) in [6.07, 6.45) is 1.83. The van der Waals surface area contributed by atoms with Crippen LogP contribution >= 0.6 is 12.2 Å². The number of nitrogens with one attached hydrogen (secondary N) is 1. The maximum absolute atomic E-state index is 5.87. The highest BCUT2D eigenvalue weighted by molar-refractivity contribution is 7.80. The van der Waals surface area contributed by atoms with Gasteiger partial charge in [0, 0.05) is 29.0 Å². The number of hydrogen-bond donors (Lipinski definition) is 1. The van der Waals surface area contributed by atoms with Crippen molar-refractivity contribution in [2.75, 3.05) is 12.0 Å². The number of methoxy groups -OCH3 is 1. The van der Waals surface area contributed by atoms with E-state index in [0.717, 1.165) is 34.2 Å². The van der Waals surface area contributed by atoms with Gasteiger partial charge in [-0.15, -0.1) is 0 Å². The number of nitrogens with zero attached hydrogens (tertiary/aromatic N) is 3. The highest BCUT2D eigenvalue weighted by Crippen LogP contribution is 2.42. The maximum atomic E-state index is 5.87. The molecule has 4 aromatic rings. The van der Waals surface area contributed by atoms with Gasteiger partial charge in [0.1, 0.15) is 11.8 Å². The standard InChI is InChI=1S/C27H26N4OS/c1-18-7-10-21(11-8-18)31-26(25(29-27(31)33)23-6-4-5-17-28-23)24-16-9-19(2)30(24)20-12-14-22(32-3)15-13-20/h4-17,25-26H,1-3H3,(H,29,33)/t25-,26+/m0/s1. The van der Waals surface area contributed by atoms with Gasteiger partial charge in [-0.2, -0.15) is 0 Å². The Balaban J connectivity index is 1.67. The second kappa shape index (κ2) is 8.71. The first-order valence-electron chi connectivity index (χ1n) is 11.0. The lowest BCUT2D eigenvalue weighted by atomic mass is 10.0. The lowest BCUT2D eigenvalue weighted by Gasteiger charge is -2.29. The molecule has 1 aliphatic heterocycles. The molecule has 5 rings (SSSR count). The second-order valence-corrected chi connectivity index (χ2v) is 8.65. The molecule has 166 valence electrons. The Bertz CT molecular complexity index is 1270. The zero-order valence-electron chi connectivity index (χ0n) is 18.9. The Kier molecular flexibility index (Phi) is 5.60. The molecular weight excluding hydrogens is 428 g/mol. The van der Waals surface area contributed by atoms with Crippen molar-refractivity contribution in [2.45, 2.75) is 25.9 Å². The predicted octanol–water partition coefficient (Wildman–Crippen LogP) is 5.67. The quantitative estimate of drug-likeness (QED) is 0.393. The number of ether oxygens (including phenoxy) is 1. The molecule has 3 heterocycles. The molecule has 1 saturated heterocycles. The van der Waals surface area contributed by atoms with Gasteiger partial charge in [-0.3, -0.25) is 4.98 Å². The van der Waals surface area contributed by atoms with E-state index in [0.29, 0.717) is 5.11 Å². The van der Waals surface area contributed by atoms with Crippen LogP contribution in [0.4, 0.5) is 5.69 Å². The van der Waals surface area contributed by atoms with Gasteiger partial charge in [0.05, 0.1) is 18.8 Å². The van der Waals surface area contributed by atoms with E-state index in [1.54, 1.807) is 7.11 Å². The molecule has 0 unspecified atom stereocenters. The fourth-order valence-electron chi connectivity index (χ4n) is 4.51. The fraction of sp³-hybridized carbons (Fsp3) is 0.185. The molecule has 0 amide bonds. The third-order valence-corrected chi connectivity index (χ3v) is 6.46. The molecule has 1 N–H and O–H groups in total. The highest BCUT2D eigenvalue weighted by atomic mass is 32.1. The van der Waals surface area contributed by atoms with Gasteiger partial charge in [0.15, 0.2) is 5.11 Å². The van der Waals surface area contributed by atoms with Crippen LogP contribution < -0.4 is 15.0 Å². The van der Waals surface area contributed by atoms with E-state index < -0.39 is 0 Å². The summed E-state index contributed by atoms with van der Waals surface area (Å²) >= 11 is 5.87. The zero-order valence-corrected chi connectivity index (χ0v) is 19.7. The number of hydrogen-bond acceptors (Lipinski definition) is 3. The molecule has 2 aromatic heterocycles. The van der Waals surface area contributed by atoms with Crippen molar-refractivity contribution in [1.82, 2.24) is 14.9 Å². The van der Waals surface area contributed by atoms with Gasteiger partial charge in [0.2, 0.25) is 0 Å². The summed E-state index contributed by atoms with van der Waals surface area (Å²) in [7, 11) is 1.68. The van der Waals surface area contributed by atoms with Crippen LogP contribution in [0.15, 0.2) is 85.1 Å². The lowest BCUT2D eigenvalue weighted by molar-refractivity contribution is 0.414. The van der Waals surface area contributed by atoms with Crippen LogP contribution in [0.25, 0.3) is 5.69 Å². The monoisotopic (exact) mass is 454 g/mol. The molecule has 2 atom stereocenters. The first-order valence-corrected chi connectivity index (χ1v) is 11.4. The predicted molar refractivity (Wildman–Crippen MR) is 136 cm³/mol. The average molecular weight is 455 g/mol.